The van der Waals surface area contributed by atoms with Crippen LogP contribution in [0.1, 0.15) is 25.7 Å². The SMILES string of the molecule is FC(F)(F)C1=CCN(CC2NCC3CCCC32)CC1. The van der Waals surface area contributed by atoms with Gasteiger partial charge < -0.3 is 5.32 Å². The molecular weight excluding hydrogens is 253 g/mol. The van der Waals surface area contributed by atoms with Gasteiger partial charge in [0.15, 0.2) is 0 Å². The lowest BCUT2D eigenvalue weighted by Crippen LogP contribution is -2.43. The van der Waals surface area contributed by atoms with Crippen molar-refractivity contribution in [3.63, 3.8) is 0 Å². The van der Waals surface area contributed by atoms with E-state index in [-0.39, 0.29) is 12.0 Å². The second-order valence-electron chi connectivity index (χ2n) is 6.11. The maximum Gasteiger partial charge on any atom is 0.412 e. The van der Waals surface area contributed by atoms with Crippen LogP contribution >= 0.6 is 0 Å². The molecule has 0 amide bonds. The summed E-state index contributed by atoms with van der Waals surface area (Å²) in [5.41, 5.74) is -0.345. The third-order valence-corrected chi connectivity index (χ3v) is 4.99. The maximum atomic E-state index is 12.6. The minimum absolute atomic E-state index is 0.143. The molecule has 108 valence electrons. The summed E-state index contributed by atoms with van der Waals surface area (Å²) in [4.78, 5) is 2.16. The highest BCUT2D eigenvalue weighted by atomic mass is 19.4. The minimum atomic E-state index is -4.13. The fourth-order valence-corrected chi connectivity index (χ4v) is 3.92. The van der Waals surface area contributed by atoms with E-state index >= 15 is 0 Å². The second-order valence-corrected chi connectivity index (χ2v) is 6.11. The Kier molecular flexibility index (Phi) is 3.60. The van der Waals surface area contributed by atoms with Crippen LogP contribution in [-0.2, 0) is 0 Å². The zero-order valence-electron chi connectivity index (χ0n) is 11.0. The van der Waals surface area contributed by atoms with Gasteiger partial charge in [0.1, 0.15) is 0 Å². The Morgan fingerprint density at radius 1 is 1.32 bits per heavy atom. The molecule has 3 rings (SSSR count). The summed E-state index contributed by atoms with van der Waals surface area (Å²) >= 11 is 0. The Morgan fingerprint density at radius 3 is 2.84 bits per heavy atom. The lowest BCUT2D eigenvalue weighted by Gasteiger charge is -2.31. The normalized spacial score (nSPS) is 36.4. The number of fused-ring (bicyclic) bond motifs is 1. The molecule has 1 saturated heterocycles. The molecular formula is C14H21F3N2. The summed E-state index contributed by atoms with van der Waals surface area (Å²) in [5.74, 6) is 1.57. The third kappa shape index (κ3) is 2.82. The smallest absolute Gasteiger partial charge is 0.312 e. The van der Waals surface area contributed by atoms with E-state index < -0.39 is 6.18 Å². The zero-order valence-corrected chi connectivity index (χ0v) is 11.0. The molecule has 2 fully saturated rings. The summed E-state index contributed by atoms with van der Waals surface area (Å²) < 4.78 is 37.7. The van der Waals surface area contributed by atoms with Crippen molar-refractivity contribution in [3.8, 4) is 0 Å². The molecule has 1 N–H and O–H groups in total. The number of hydrogen-bond donors (Lipinski definition) is 1. The van der Waals surface area contributed by atoms with Crippen LogP contribution < -0.4 is 5.32 Å². The maximum absolute atomic E-state index is 12.6. The van der Waals surface area contributed by atoms with E-state index in [1.54, 1.807) is 0 Å². The van der Waals surface area contributed by atoms with Gasteiger partial charge >= 0.3 is 6.18 Å². The van der Waals surface area contributed by atoms with Gasteiger partial charge in [0.25, 0.3) is 0 Å². The van der Waals surface area contributed by atoms with E-state index in [4.69, 9.17) is 0 Å². The van der Waals surface area contributed by atoms with E-state index in [0.717, 1.165) is 24.9 Å². The van der Waals surface area contributed by atoms with Crippen molar-refractivity contribution in [2.24, 2.45) is 11.8 Å². The molecule has 2 nitrogen and oxygen atoms in total. The van der Waals surface area contributed by atoms with Crippen LogP contribution in [0.25, 0.3) is 0 Å². The molecule has 2 heterocycles. The molecule has 19 heavy (non-hydrogen) atoms. The van der Waals surface area contributed by atoms with Crippen LogP contribution in [-0.4, -0.2) is 43.3 Å². The first-order valence-corrected chi connectivity index (χ1v) is 7.26. The van der Waals surface area contributed by atoms with Crippen molar-refractivity contribution in [2.45, 2.75) is 37.9 Å². The Morgan fingerprint density at radius 2 is 2.16 bits per heavy atom. The first-order chi connectivity index (χ1) is 9.04. The summed E-state index contributed by atoms with van der Waals surface area (Å²) in [6.07, 6.45) is 1.32. The Hall–Kier alpha value is -0.550. The van der Waals surface area contributed by atoms with Crippen LogP contribution in [0, 0.1) is 11.8 Å². The number of rotatable bonds is 2. The van der Waals surface area contributed by atoms with Crippen LogP contribution in [0.2, 0.25) is 0 Å². The van der Waals surface area contributed by atoms with Crippen molar-refractivity contribution in [3.05, 3.63) is 11.6 Å². The molecule has 0 spiro atoms. The molecule has 3 atom stereocenters. The number of nitrogens with one attached hydrogen (secondary N) is 1. The number of halogens is 3. The van der Waals surface area contributed by atoms with Gasteiger partial charge in [0, 0.05) is 31.2 Å². The predicted molar refractivity (Wildman–Crippen MR) is 67.8 cm³/mol. The van der Waals surface area contributed by atoms with Crippen LogP contribution in [0.5, 0.6) is 0 Å². The summed E-state index contributed by atoms with van der Waals surface area (Å²) in [7, 11) is 0. The summed E-state index contributed by atoms with van der Waals surface area (Å²) in [6, 6.07) is 0.494. The molecule has 1 aliphatic carbocycles. The van der Waals surface area contributed by atoms with Gasteiger partial charge in [-0.1, -0.05) is 12.5 Å². The third-order valence-electron chi connectivity index (χ3n) is 4.99. The van der Waals surface area contributed by atoms with E-state index in [0.29, 0.717) is 19.1 Å². The largest absolute Gasteiger partial charge is 0.412 e. The fraction of sp³-hybridized carbons (Fsp3) is 0.857. The lowest BCUT2D eigenvalue weighted by molar-refractivity contribution is -0.0960. The Labute approximate surface area is 112 Å². The van der Waals surface area contributed by atoms with Gasteiger partial charge in [-0.25, -0.2) is 0 Å². The molecule has 3 unspecified atom stereocenters. The average Bonchev–Trinajstić information content (AvgIpc) is 2.94. The Bertz CT molecular complexity index is 364. The highest BCUT2D eigenvalue weighted by Gasteiger charge is 2.40. The van der Waals surface area contributed by atoms with E-state index in [1.165, 1.54) is 25.3 Å². The van der Waals surface area contributed by atoms with Gasteiger partial charge in [-0.05, 0) is 37.6 Å². The number of alkyl halides is 3. The first-order valence-electron chi connectivity index (χ1n) is 7.26. The predicted octanol–water partition coefficient (Wildman–Crippen LogP) is 2.57. The molecule has 0 radical (unpaired) electrons. The highest BCUT2D eigenvalue weighted by Crippen LogP contribution is 2.38. The van der Waals surface area contributed by atoms with Crippen LogP contribution in [0.15, 0.2) is 11.6 Å². The summed E-state index contributed by atoms with van der Waals surface area (Å²) in [5, 5.41) is 3.56. The molecule has 0 aromatic rings. The van der Waals surface area contributed by atoms with Gasteiger partial charge in [-0.15, -0.1) is 0 Å². The topological polar surface area (TPSA) is 15.3 Å². The number of nitrogens with zero attached hydrogens (tertiary/aromatic N) is 1. The van der Waals surface area contributed by atoms with Gasteiger partial charge in [-0.3, -0.25) is 4.90 Å². The van der Waals surface area contributed by atoms with E-state index in [9.17, 15) is 13.2 Å². The molecule has 0 aromatic carbocycles. The van der Waals surface area contributed by atoms with Crippen molar-refractivity contribution >= 4 is 0 Å². The summed E-state index contributed by atoms with van der Waals surface area (Å²) in [6.45, 7) is 3.00. The van der Waals surface area contributed by atoms with Gasteiger partial charge in [0.05, 0.1) is 0 Å². The fourth-order valence-electron chi connectivity index (χ4n) is 3.92. The standard InChI is InChI=1S/C14H21F3N2/c15-14(16,17)11-4-6-19(7-5-11)9-13-12-3-1-2-10(12)8-18-13/h4,10,12-13,18H,1-3,5-9H2. The van der Waals surface area contributed by atoms with E-state index in [1.807, 2.05) is 0 Å². The second kappa shape index (κ2) is 5.09. The highest BCUT2D eigenvalue weighted by molar-refractivity contribution is 5.13. The monoisotopic (exact) mass is 274 g/mol. The molecule has 3 aliphatic rings. The van der Waals surface area contributed by atoms with Gasteiger partial charge in [-0.2, -0.15) is 13.2 Å². The quantitative estimate of drug-likeness (QED) is 0.779. The average molecular weight is 274 g/mol. The molecule has 2 aliphatic heterocycles. The first kappa shape index (κ1) is 13.4. The zero-order chi connectivity index (χ0) is 13.5. The number of hydrogen-bond acceptors (Lipinski definition) is 2. The van der Waals surface area contributed by atoms with Crippen molar-refractivity contribution in [1.82, 2.24) is 10.2 Å². The van der Waals surface area contributed by atoms with Crippen LogP contribution in [0.3, 0.4) is 0 Å². The van der Waals surface area contributed by atoms with Crippen molar-refractivity contribution < 1.29 is 13.2 Å². The van der Waals surface area contributed by atoms with Gasteiger partial charge in [0.2, 0.25) is 0 Å². The van der Waals surface area contributed by atoms with Crippen molar-refractivity contribution in [1.29, 1.82) is 0 Å². The van der Waals surface area contributed by atoms with Crippen molar-refractivity contribution in [2.75, 3.05) is 26.2 Å². The minimum Gasteiger partial charge on any atom is -0.312 e. The molecule has 5 heteroatoms. The molecule has 0 bridgehead atoms. The molecule has 0 aromatic heterocycles. The molecule has 1 saturated carbocycles. The van der Waals surface area contributed by atoms with Crippen LogP contribution in [0.4, 0.5) is 13.2 Å². The Balaban J connectivity index is 1.54. The lowest BCUT2D eigenvalue weighted by atomic mass is 9.93. The van der Waals surface area contributed by atoms with E-state index in [2.05, 4.69) is 10.2 Å².